The van der Waals surface area contributed by atoms with Crippen molar-refractivity contribution in [2.75, 3.05) is 6.61 Å². The average Bonchev–Trinajstić information content (AvgIpc) is 2.60. The van der Waals surface area contributed by atoms with Crippen molar-refractivity contribution in [3.05, 3.63) is 0 Å². The highest BCUT2D eigenvalue weighted by Crippen LogP contribution is 2.34. The zero-order valence-electron chi connectivity index (χ0n) is 16.0. The molecule has 1 heteroatoms. The Morgan fingerprint density at radius 3 is 1.74 bits per heavy atom. The van der Waals surface area contributed by atoms with E-state index in [1.54, 1.807) is 0 Å². The van der Waals surface area contributed by atoms with Crippen molar-refractivity contribution < 1.29 is 4.74 Å². The molecule has 2 saturated carbocycles. The molecule has 0 aromatic rings. The maximum absolute atomic E-state index is 6.31. The van der Waals surface area contributed by atoms with E-state index >= 15 is 0 Å². The van der Waals surface area contributed by atoms with Crippen LogP contribution in [-0.2, 0) is 4.74 Å². The normalized spacial score (nSPS) is 32.1. The summed E-state index contributed by atoms with van der Waals surface area (Å²) in [6.07, 6.45) is 21.9. The van der Waals surface area contributed by atoms with E-state index in [1.165, 1.54) is 96.3 Å². The van der Waals surface area contributed by atoms with Crippen LogP contribution in [0.25, 0.3) is 0 Å². The first kappa shape index (κ1) is 19.3. The smallest absolute Gasteiger partial charge is 0.0575 e. The minimum absolute atomic E-state index is 0.593. The highest BCUT2D eigenvalue weighted by atomic mass is 16.5. The van der Waals surface area contributed by atoms with Crippen LogP contribution >= 0.6 is 0 Å². The van der Waals surface area contributed by atoms with Crippen LogP contribution in [0.3, 0.4) is 0 Å². The summed E-state index contributed by atoms with van der Waals surface area (Å²) >= 11 is 0. The zero-order valence-corrected chi connectivity index (χ0v) is 16.0. The van der Waals surface area contributed by atoms with Gasteiger partial charge in [0.15, 0.2) is 0 Å². The van der Waals surface area contributed by atoms with Gasteiger partial charge in [0.2, 0.25) is 0 Å². The summed E-state index contributed by atoms with van der Waals surface area (Å²) in [5.41, 5.74) is 0. The lowest BCUT2D eigenvalue weighted by atomic mass is 9.80. The lowest BCUT2D eigenvalue weighted by Crippen LogP contribution is -2.26. The van der Waals surface area contributed by atoms with Gasteiger partial charge < -0.3 is 4.74 Å². The van der Waals surface area contributed by atoms with Crippen LogP contribution in [0.1, 0.15) is 110 Å². The second-order valence-electron chi connectivity index (χ2n) is 8.50. The summed E-state index contributed by atoms with van der Waals surface area (Å²) in [7, 11) is 0. The van der Waals surface area contributed by atoms with E-state index in [0.717, 1.165) is 24.4 Å². The van der Waals surface area contributed by atoms with Crippen LogP contribution in [0.4, 0.5) is 0 Å². The molecule has 0 bridgehead atoms. The molecule has 0 atom stereocenters. The van der Waals surface area contributed by atoms with Crippen molar-refractivity contribution in [1.29, 1.82) is 0 Å². The first-order valence-electron chi connectivity index (χ1n) is 10.9. The van der Waals surface area contributed by atoms with E-state index in [4.69, 9.17) is 4.74 Å². The van der Waals surface area contributed by atoms with Gasteiger partial charge in [-0.2, -0.15) is 0 Å². The third-order valence-electron chi connectivity index (χ3n) is 6.51. The first-order valence-corrected chi connectivity index (χ1v) is 10.9. The quantitative estimate of drug-likeness (QED) is 0.388. The number of unbranched alkanes of at least 4 members (excludes halogenated alkanes) is 3. The van der Waals surface area contributed by atoms with Gasteiger partial charge in [0, 0.05) is 6.61 Å². The minimum atomic E-state index is 0.593. The first-order chi connectivity index (χ1) is 11.3. The summed E-state index contributed by atoms with van der Waals surface area (Å²) in [6.45, 7) is 5.69. The lowest BCUT2D eigenvalue weighted by Gasteiger charge is -2.32. The third-order valence-corrected chi connectivity index (χ3v) is 6.51. The van der Waals surface area contributed by atoms with Gasteiger partial charge in [-0.3, -0.25) is 0 Å². The molecule has 0 N–H and O–H groups in total. The molecule has 0 aliphatic heterocycles. The maximum Gasteiger partial charge on any atom is 0.0575 e. The molecule has 2 aliphatic carbocycles. The monoisotopic (exact) mass is 322 g/mol. The van der Waals surface area contributed by atoms with Crippen molar-refractivity contribution in [3.8, 4) is 0 Å². The van der Waals surface area contributed by atoms with E-state index in [0.29, 0.717) is 6.10 Å². The van der Waals surface area contributed by atoms with Crippen LogP contribution < -0.4 is 0 Å². The van der Waals surface area contributed by atoms with Gasteiger partial charge in [0.25, 0.3) is 0 Å². The fraction of sp³-hybridized carbons (Fsp3) is 1.00. The van der Waals surface area contributed by atoms with Crippen molar-refractivity contribution in [1.82, 2.24) is 0 Å². The van der Waals surface area contributed by atoms with Gasteiger partial charge in [0.05, 0.1) is 6.10 Å². The van der Waals surface area contributed by atoms with Crippen molar-refractivity contribution in [3.63, 3.8) is 0 Å². The minimum Gasteiger partial charge on any atom is -0.378 e. The molecule has 0 unspecified atom stereocenters. The Bertz CT molecular complexity index is 272. The Morgan fingerprint density at radius 2 is 1.13 bits per heavy atom. The molecule has 0 radical (unpaired) electrons. The van der Waals surface area contributed by atoms with E-state index in [-0.39, 0.29) is 0 Å². The summed E-state index contributed by atoms with van der Waals surface area (Å²) in [5.74, 6) is 2.91. The van der Waals surface area contributed by atoms with Crippen LogP contribution in [0, 0.1) is 17.8 Å². The van der Waals surface area contributed by atoms with E-state index in [9.17, 15) is 0 Å². The molecule has 2 fully saturated rings. The number of hydrogen-bond acceptors (Lipinski definition) is 1. The molecule has 0 spiro atoms. The van der Waals surface area contributed by atoms with Gasteiger partial charge in [0.1, 0.15) is 0 Å². The second kappa shape index (κ2) is 11.5. The summed E-state index contributed by atoms with van der Waals surface area (Å²) in [6, 6.07) is 0. The summed E-state index contributed by atoms with van der Waals surface area (Å²) < 4.78 is 6.31. The molecule has 2 rings (SSSR count). The Morgan fingerprint density at radius 1 is 0.609 bits per heavy atom. The topological polar surface area (TPSA) is 9.23 Å². The molecule has 0 heterocycles. The zero-order chi connectivity index (χ0) is 16.3. The fourth-order valence-electron chi connectivity index (χ4n) is 4.72. The Balaban J connectivity index is 1.51. The molecular formula is C22H42O. The highest BCUT2D eigenvalue weighted by molar-refractivity contribution is 4.76. The molecule has 0 saturated heterocycles. The van der Waals surface area contributed by atoms with E-state index in [2.05, 4.69) is 13.8 Å². The van der Waals surface area contributed by atoms with Crippen LogP contribution in [-0.4, -0.2) is 12.7 Å². The summed E-state index contributed by atoms with van der Waals surface area (Å²) in [4.78, 5) is 0. The predicted molar refractivity (Wildman–Crippen MR) is 101 cm³/mol. The number of ether oxygens (including phenoxy) is 1. The molecule has 0 aromatic carbocycles. The van der Waals surface area contributed by atoms with Crippen LogP contribution in [0.5, 0.6) is 0 Å². The molecule has 136 valence electrons. The maximum atomic E-state index is 6.31. The van der Waals surface area contributed by atoms with Gasteiger partial charge in [-0.05, 0) is 56.3 Å². The lowest BCUT2D eigenvalue weighted by molar-refractivity contribution is -0.0104. The SMILES string of the molecule is CCCCC[C@H]1CC[C@H](COC2CCC(CCCC)CC2)CC1. The van der Waals surface area contributed by atoms with Gasteiger partial charge in [-0.25, -0.2) is 0 Å². The predicted octanol–water partition coefficient (Wildman–Crippen LogP) is 7.14. The van der Waals surface area contributed by atoms with Crippen molar-refractivity contribution >= 4 is 0 Å². The van der Waals surface area contributed by atoms with E-state index in [1.807, 2.05) is 0 Å². The second-order valence-corrected chi connectivity index (χ2v) is 8.50. The molecule has 1 nitrogen and oxygen atoms in total. The molecular weight excluding hydrogens is 280 g/mol. The molecule has 23 heavy (non-hydrogen) atoms. The van der Waals surface area contributed by atoms with Crippen LogP contribution in [0.2, 0.25) is 0 Å². The number of rotatable bonds is 10. The summed E-state index contributed by atoms with van der Waals surface area (Å²) in [5, 5.41) is 0. The van der Waals surface area contributed by atoms with Crippen molar-refractivity contribution in [2.45, 2.75) is 116 Å². The van der Waals surface area contributed by atoms with Crippen LogP contribution in [0.15, 0.2) is 0 Å². The largest absolute Gasteiger partial charge is 0.378 e. The number of hydrogen-bond donors (Lipinski definition) is 0. The molecule has 0 aromatic heterocycles. The molecule has 2 aliphatic rings. The van der Waals surface area contributed by atoms with Gasteiger partial charge >= 0.3 is 0 Å². The van der Waals surface area contributed by atoms with Crippen molar-refractivity contribution in [2.24, 2.45) is 17.8 Å². The average molecular weight is 323 g/mol. The molecule has 0 amide bonds. The Kier molecular flexibility index (Phi) is 9.65. The Hall–Kier alpha value is -0.0400. The third kappa shape index (κ3) is 7.59. The standard InChI is InChI=1S/C22H42O/c1-3-5-7-9-20-10-12-21(13-11-20)18-23-22-16-14-19(15-17-22)8-6-4-2/h19-22H,3-18H2,1-2H3/t19?,20-,21-,22?. The highest BCUT2D eigenvalue weighted by Gasteiger charge is 2.24. The van der Waals surface area contributed by atoms with Gasteiger partial charge in [-0.1, -0.05) is 71.6 Å². The van der Waals surface area contributed by atoms with Gasteiger partial charge in [-0.15, -0.1) is 0 Å². The van der Waals surface area contributed by atoms with E-state index < -0.39 is 0 Å². The Labute approximate surface area is 146 Å². The fourth-order valence-corrected chi connectivity index (χ4v) is 4.72.